The van der Waals surface area contributed by atoms with Crippen LogP contribution in [0.5, 0.6) is 5.75 Å². The van der Waals surface area contributed by atoms with Gasteiger partial charge in [0, 0.05) is 23.1 Å². The van der Waals surface area contributed by atoms with E-state index in [-0.39, 0.29) is 24.2 Å². The van der Waals surface area contributed by atoms with Crippen LogP contribution in [0.25, 0.3) is 11.0 Å². The average Bonchev–Trinajstić information content (AvgIpc) is 2.59. The van der Waals surface area contributed by atoms with Gasteiger partial charge in [0.15, 0.2) is 6.61 Å². The third-order valence-corrected chi connectivity index (χ3v) is 5.73. The van der Waals surface area contributed by atoms with Gasteiger partial charge in [-0.25, -0.2) is 4.79 Å². The van der Waals surface area contributed by atoms with Crippen LogP contribution in [0.4, 0.5) is 0 Å². The molecular formula is C21H27NO4. The minimum atomic E-state index is -0.381. The molecule has 1 saturated carbocycles. The lowest BCUT2D eigenvalue weighted by atomic mass is 9.78. The number of hydrogen-bond acceptors (Lipinski definition) is 4. The maximum absolute atomic E-state index is 12.3. The van der Waals surface area contributed by atoms with E-state index in [1.807, 2.05) is 26.0 Å². The van der Waals surface area contributed by atoms with E-state index in [9.17, 15) is 9.59 Å². The van der Waals surface area contributed by atoms with Crippen molar-refractivity contribution in [3.8, 4) is 5.75 Å². The molecule has 0 saturated heterocycles. The Balaban J connectivity index is 1.69. The van der Waals surface area contributed by atoms with Gasteiger partial charge in [-0.2, -0.15) is 0 Å². The van der Waals surface area contributed by atoms with Crippen LogP contribution in [0, 0.1) is 25.7 Å². The summed E-state index contributed by atoms with van der Waals surface area (Å²) in [5.74, 6) is 1.56. The SMILES string of the molecule is Cc1cc(=O)oc2c(C)c(OCC(=O)N[C@H]3CCC[C@@H](C)[C@@H]3C)ccc12. The first-order chi connectivity index (χ1) is 12.4. The molecule has 3 atom stereocenters. The van der Waals surface area contributed by atoms with Gasteiger partial charge in [-0.3, -0.25) is 4.79 Å². The van der Waals surface area contributed by atoms with E-state index < -0.39 is 0 Å². The molecule has 1 aromatic heterocycles. The molecule has 0 spiro atoms. The topological polar surface area (TPSA) is 68.5 Å². The molecule has 1 aliphatic carbocycles. The molecule has 5 nitrogen and oxygen atoms in total. The van der Waals surface area contributed by atoms with Gasteiger partial charge in [-0.15, -0.1) is 0 Å². The molecule has 0 unspecified atom stereocenters. The van der Waals surface area contributed by atoms with Crippen LogP contribution >= 0.6 is 0 Å². The highest BCUT2D eigenvalue weighted by atomic mass is 16.5. The van der Waals surface area contributed by atoms with Crippen LogP contribution < -0.4 is 15.7 Å². The molecule has 3 rings (SSSR count). The quantitative estimate of drug-likeness (QED) is 0.847. The first-order valence-electron chi connectivity index (χ1n) is 9.33. The minimum absolute atomic E-state index is 0.0417. The van der Waals surface area contributed by atoms with Gasteiger partial charge in [0.25, 0.3) is 5.91 Å². The van der Waals surface area contributed by atoms with Crippen molar-refractivity contribution in [1.29, 1.82) is 0 Å². The summed E-state index contributed by atoms with van der Waals surface area (Å²) >= 11 is 0. The lowest BCUT2D eigenvalue weighted by Crippen LogP contribution is -2.45. The van der Waals surface area contributed by atoms with E-state index in [1.54, 1.807) is 0 Å². The summed E-state index contributed by atoms with van der Waals surface area (Å²) < 4.78 is 11.0. The van der Waals surface area contributed by atoms with Crippen molar-refractivity contribution in [2.45, 2.75) is 53.0 Å². The third-order valence-electron chi connectivity index (χ3n) is 5.73. The summed E-state index contributed by atoms with van der Waals surface area (Å²) in [7, 11) is 0. The molecule has 1 amide bonds. The fourth-order valence-corrected chi connectivity index (χ4v) is 3.83. The Kier molecular flexibility index (Phi) is 5.35. The lowest BCUT2D eigenvalue weighted by Gasteiger charge is -2.34. The third kappa shape index (κ3) is 3.76. The molecule has 26 heavy (non-hydrogen) atoms. The predicted octanol–water partition coefficient (Wildman–Crippen LogP) is 3.73. The van der Waals surface area contributed by atoms with E-state index in [1.165, 1.54) is 12.5 Å². The fourth-order valence-electron chi connectivity index (χ4n) is 3.83. The second-order valence-electron chi connectivity index (χ2n) is 7.54. The number of ether oxygens (including phenoxy) is 1. The molecule has 140 valence electrons. The van der Waals surface area contributed by atoms with Crippen molar-refractivity contribution >= 4 is 16.9 Å². The lowest BCUT2D eigenvalue weighted by molar-refractivity contribution is -0.124. The highest BCUT2D eigenvalue weighted by molar-refractivity contribution is 5.85. The number of nitrogens with one attached hydrogen (secondary N) is 1. The molecule has 0 bridgehead atoms. The molecule has 1 fully saturated rings. The zero-order valence-electron chi connectivity index (χ0n) is 15.9. The van der Waals surface area contributed by atoms with Crippen LogP contribution in [0.3, 0.4) is 0 Å². The largest absolute Gasteiger partial charge is 0.483 e. The van der Waals surface area contributed by atoms with E-state index in [2.05, 4.69) is 19.2 Å². The molecule has 1 aliphatic rings. The summed E-state index contributed by atoms with van der Waals surface area (Å²) in [5.41, 5.74) is 1.73. The van der Waals surface area contributed by atoms with Crippen LogP contribution in [-0.2, 0) is 4.79 Å². The monoisotopic (exact) mass is 357 g/mol. The Labute approximate surface area is 153 Å². The first-order valence-corrected chi connectivity index (χ1v) is 9.33. The normalized spacial score (nSPS) is 23.0. The van der Waals surface area contributed by atoms with Crippen LogP contribution in [0.15, 0.2) is 27.4 Å². The summed E-state index contributed by atoms with van der Waals surface area (Å²) in [6.45, 7) is 8.11. The number of carbonyl (C=O) groups excluding carboxylic acids is 1. The summed E-state index contributed by atoms with van der Waals surface area (Å²) in [5, 5.41) is 3.99. The number of aryl methyl sites for hydroxylation is 2. The first kappa shape index (κ1) is 18.5. The Morgan fingerprint density at radius 1 is 1.27 bits per heavy atom. The fraction of sp³-hybridized carbons (Fsp3) is 0.524. The highest BCUT2D eigenvalue weighted by Gasteiger charge is 2.28. The Morgan fingerprint density at radius 2 is 2.04 bits per heavy atom. The number of fused-ring (bicyclic) bond motifs is 1. The second-order valence-corrected chi connectivity index (χ2v) is 7.54. The summed E-state index contributed by atoms with van der Waals surface area (Å²) in [4.78, 5) is 24.0. The van der Waals surface area contributed by atoms with Gasteiger partial charge in [0.1, 0.15) is 11.3 Å². The molecule has 1 aromatic carbocycles. The molecule has 0 radical (unpaired) electrons. The zero-order chi connectivity index (χ0) is 18.8. The zero-order valence-corrected chi connectivity index (χ0v) is 15.9. The number of hydrogen-bond donors (Lipinski definition) is 1. The minimum Gasteiger partial charge on any atom is -0.483 e. The molecular weight excluding hydrogens is 330 g/mol. The van der Waals surface area contributed by atoms with E-state index in [4.69, 9.17) is 9.15 Å². The smallest absolute Gasteiger partial charge is 0.336 e. The average molecular weight is 357 g/mol. The van der Waals surface area contributed by atoms with Crippen molar-refractivity contribution < 1.29 is 13.9 Å². The van der Waals surface area contributed by atoms with Gasteiger partial charge in [0.2, 0.25) is 0 Å². The van der Waals surface area contributed by atoms with Crippen molar-refractivity contribution in [2.24, 2.45) is 11.8 Å². The number of rotatable bonds is 4. The van der Waals surface area contributed by atoms with E-state index >= 15 is 0 Å². The Hall–Kier alpha value is -2.30. The van der Waals surface area contributed by atoms with Crippen molar-refractivity contribution in [3.05, 3.63) is 39.7 Å². The van der Waals surface area contributed by atoms with Crippen LogP contribution in [0.2, 0.25) is 0 Å². The van der Waals surface area contributed by atoms with Gasteiger partial charge in [0.05, 0.1) is 0 Å². The van der Waals surface area contributed by atoms with Crippen LogP contribution in [0.1, 0.15) is 44.2 Å². The van der Waals surface area contributed by atoms with E-state index in [0.717, 1.165) is 29.4 Å². The molecule has 1 N–H and O–H groups in total. The van der Waals surface area contributed by atoms with Gasteiger partial charge in [-0.05, 0) is 49.8 Å². The van der Waals surface area contributed by atoms with Crippen LogP contribution in [-0.4, -0.2) is 18.6 Å². The van der Waals surface area contributed by atoms with E-state index in [0.29, 0.717) is 23.2 Å². The second kappa shape index (κ2) is 7.52. The number of benzene rings is 1. The number of carbonyl (C=O) groups is 1. The number of amides is 1. The maximum atomic E-state index is 12.3. The maximum Gasteiger partial charge on any atom is 0.336 e. The van der Waals surface area contributed by atoms with Gasteiger partial charge in [-0.1, -0.05) is 26.7 Å². The van der Waals surface area contributed by atoms with Crippen molar-refractivity contribution in [1.82, 2.24) is 5.32 Å². The Bertz CT molecular complexity index is 870. The molecule has 2 aromatic rings. The molecule has 0 aliphatic heterocycles. The predicted molar refractivity (Wildman–Crippen MR) is 102 cm³/mol. The van der Waals surface area contributed by atoms with Crippen molar-refractivity contribution in [3.63, 3.8) is 0 Å². The molecule has 5 heteroatoms. The summed E-state index contributed by atoms with van der Waals surface area (Å²) in [6.07, 6.45) is 3.40. The summed E-state index contributed by atoms with van der Waals surface area (Å²) in [6, 6.07) is 5.37. The Morgan fingerprint density at radius 3 is 2.81 bits per heavy atom. The highest BCUT2D eigenvalue weighted by Crippen LogP contribution is 2.30. The molecule has 1 heterocycles. The van der Waals surface area contributed by atoms with Crippen molar-refractivity contribution in [2.75, 3.05) is 6.61 Å². The van der Waals surface area contributed by atoms with Gasteiger partial charge >= 0.3 is 5.63 Å². The standard InChI is InChI=1S/C21H27NO4/c1-12-6-5-7-17(14(12)3)22-19(23)11-25-18-9-8-16-13(2)10-20(24)26-21(16)15(18)4/h8-10,12,14,17H,5-7,11H2,1-4H3,(H,22,23)/t12-,14+,17+/m1/s1. The van der Waals surface area contributed by atoms with Gasteiger partial charge < -0.3 is 14.5 Å².